The number of esters is 4. The predicted molar refractivity (Wildman–Crippen MR) is 145 cm³/mol. The van der Waals surface area contributed by atoms with Gasteiger partial charge in [0.05, 0.1) is 74.5 Å². The summed E-state index contributed by atoms with van der Waals surface area (Å²) in [6.45, 7) is 2.39. The summed E-state index contributed by atoms with van der Waals surface area (Å²) < 4.78 is 43.1. The summed E-state index contributed by atoms with van der Waals surface area (Å²) in [5, 5.41) is 0. The zero-order valence-electron chi connectivity index (χ0n) is 24.7. The minimum absolute atomic E-state index is 0.00689. The molecule has 0 spiro atoms. The van der Waals surface area contributed by atoms with E-state index in [0.29, 0.717) is 52.1 Å². The van der Waals surface area contributed by atoms with Gasteiger partial charge in [0.15, 0.2) is 0 Å². The third-order valence-corrected chi connectivity index (χ3v) is 9.41. The average Bonchev–Trinajstić information content (AvgIpc) is 3.83. The minimum Gasteiger partial charge on any atom is -0.465 e. The van der Waals surface area contributed by atoms with Gasteiger partial charge in [-0.2, -0.15) is 0 Å². The summed E-state index contributed by atoms with van der Waals surface area (Å²) in [6.07, 6.45) is 8.79. The molecule has 240 valence electrons. The summed E-state index contributed by atoms with van der Waals surface area (Å²) in [5.74, 6) is -3.42. The minimum atomic E-state index is -0.512. The summed E-state index contributed by atoms with van der Waals surface area (Å²) in [5.41, 5.74) is 0. The number of hydrogen-bond donors (Lipinski definition) is 0. The first-order chi connectivity index (χ1) is 21.0. The lowest BCUT2D eigenvalue weighted by atomic mass is 9.79. The monoisotopic (exact) mass is 608 g/mol. The van der Waals surface area contributed by atoms with Gasteiger partial charge in [0, 0.05) is 0 Å². The fourth-order valence-electron chi connectivity index (χ4n) is 6.43. The molecule has 10 unspecified atom stereocenters. The molecule has 4 heterocycles. The molecule has 43 heavy (non-hydrogen) atoms. The molecule has 2 saturated carbocycles. The van der Waals surface area contributed by atoms with Crippen LogP contribution in [0.3, 0.4) is 0 Å². The number of carbonyl (C=O) groups excluding carboxylic acids is 4. The first kappa shape index (κ1) is 30.7. The molecular formula is C31H44O12. The molecule has 4 aliphatic heterocycles. The first-order valence-corrected chi connectivity index (χ1v) is 16.2. The Morgan fingerprint density at radius 1 is 0.465 bits per heavy atom. The normalized spacial score (nSPS) is 36.4. The van der Waals surface area contributed by atoms with E-state index >= 15 is 0 Å². The summed E-state index contributed by atoms with van der Waals surface area (Å²) in [7, 11) is 0. The molecule has 0 bridgehead atoms. The lowest BCUT2D eigenvalue weighted by Crippen LogP contribution is -2.38. The molecular weight excluding hydrogens is 564 g/mol. The molecule has 0 aromatic carbocycles. The lowest BCUT2D eigenvalue weighted by Gasteiger charge is -2.26. The average molecular weight is 609 g/mol. The molecule has 4 saturated heterocycles. The number of hydrogen-bond acceptors (Lipinski definition) is 12. The maximum absolute atomic E-state index is 12.8. The van der Waals surface area contributed by atoms with Gasteiger partial charge >= 0.3 is 23.9 Å². The zero-order valence-corrected chi connectivity index (χ0v) is 24.7. The summed E-state index contributed by atoms with van der Waals surface area (Å²) in [6, 6.07) is 0. The van der Waals surface area contributed by atoms with E-state index in [1.807, 2.05) is 0 Å². The van der Waals surface area contributed by atoms with E-state index in [4.69, 9.17) is 37.9 Å². The van der Waals surface area contributed by atoms with E-state index in [-0.39, 0.29) is 73.7 Å². The third-order valence-electron chi connectivity index (χ3n) is 9.41. The molecule has 6 fully saturated rings. The molecule has 0 aromatic heterocycles. The Balaban J connectivity index is 0.784. The molecule has 0 amide bonds. The number of ether oxygens (including phenoxy) is 8. The summed E-state index contributed by atoms with van der Waals surface area (Å²) >= 11 is 0. The lowest BCUT2D eigenvalue weighted by molar-refractivity contribution is -0.162. The first-order valence-electron chi connectivity index (χ1n) is 16.2. The van der Waals surface area contributed by atoms with Gasteiger partial charge in [-0.1, -0.05) is 32.1 Å². The molecule has 12 nitrogen and oxygen atoms in total. The van der Waals surface area contributed by atoms with E-state index in [0.717, 1.165) is 44.9 Å². The van der Waals surface area contributed by atoms with Crippen molar-refractivity contribution in [1.82, 2.24) is 0 Å². The van der Waals surface area contributed by atoms with Crippen molar-refractivity contribution in [3.63, 3.8) is 0 Å². The number of fused-ring (bicyclic) bond motifs is 2. The zero-order chi connectivity index (χ0) is 29.8. The van der Waals surface area contributed by atoms with Gasteiger partial charge in [-0.3, -0.25) is 19.2 Å². The van der Waals surface area contributed by atoms with Gasteiger partial charge in [-0.25, -0.2) is 0 Å². The smallest absolute Gasteiger partial charge is 0.310 e. The molecule has 12 heteroatoms. The van der Waals surface area contributed by atoms with Crippen molar-refractivity contribution in [1.29, 1.82) is 0 Å². The van der Waals surface area contributed by atoms with Crippen LogP contribution in [0.2, 0.25) is 0 Å². The van der Waals surface area contributed by atoms with E-state index in [1.54, 1.807) is 0 Å². The Hall–Kier alpha value is -2.28. The van der Waals surface area contributed by atoms with Crippen LogP contribution in [0.1, 0.15) is 70.6 Å². The predicted octanol–water partition coefficient (Wildman–Crippen LogP) is 2.27. The van der Waals surface area contributed by atoms with Crippen LogP contribution in [-0.4, -0.2) is 100 Å². The highest BCUT2D eigenvalue weighted by molar-refractivity contribution is 5.83. The van der Waals surface area contributed by atoms with Gasteiger partial charge in [-0.15, -0.1) is 0 Å². The fraction of sp³-hybridized carbons (Fsp3) is 0.871. The number of carbonyl (C=O) groups is 4. The standard InChI is InChI=1S/C31H44O12/c32-28(20-10-24-26(42-24)12-22(20)30(34)40-16-18-14-38-18)36-8-6-4-2-1-3-5-7-9-37-29(33)21-11-25-27(43-25)13-23(21)31(35)41-17-19-15-39-19/h18-27H,1-17H2. The second-order valence-corrected chi connectivity index (χ2v) is 12.8. The quantitative estimate of drug-likeness (QED) is 0.0970. The Bertz CT molecular complexity index is 931. The molecule has 6 rings (SSSR count). The van der Waals surface area contributed by atoms with Crippen LogP contribution in [-0.2, 0) is 57.1 Å². The fourth-order valence-corrected chi connectivity index (χ4v) is 6.43. The van der Waals surface area contributed by atoms with Crippen molar-refractivity contribution in [3.8, 4) is 0 Å². The number of unbranched alkanes of at least 4 members (excludes halogenated alkanes) is 6. The van der Waals surface area contributed by atoms with Crippen LogP contribution in [0, 0.1) is 23.7 Å². The highest BCUT2D eigenvalue weighted by Crippen LogP contribution is 2.45. The molecule has 0 radical (unpaired) electrons. The van der Waals surface area contributed by atoms with Gasteiger partial charge in [-0.05, 0) is 38.5 Å². The van der Waals surface area contributed by atoms with Crippen molar-refractivity contribution in [2.24, 2.45) is 23.7 Å². The van der Waals surface area contributed by atoms with E-state index in [2.05, 4.69) is 0 Å². The Kier molecular flexibility index (Phi) is 10.2. The molecule has 10 atom stereocenters. The van der Waals surface area contributed by atoms with Crippen molar-refractivity contribution >= 4 is 23.9 Å². The summed E-state index contributed by atoms with van der Waals surface area (Å²) in [4.78, 5) is 50.6. The van der Waals surface area contributed by atoms with Crippen LogP contribution in [0.15, 0.2) is 0 Å². The third kappa shape index (κ3) is 8.89. The van der Waals surface area contributed by atoms with Gasteiger partial charge in [0.1, 0.15) is 25.4 Å². The van der Waals surface area contributed by atoms with E-state index in [9.17, 15) is 19.2 Å². The van der Waals surface area contributed by atoms with E-state index in [1.165, 1.54) is 0 Å². The van der Waals surface area contributed by atoms with Crippen LogP contribution < -0.4 is 0 Å². The molecule has 6 aliphatic rings. The van der Waals surface area contributed by atoms with Gasteiger partial charge in [0.25, 0.3) is 0 Å². The highest BCUT2D eigenvalue weighted by atomic mass is 16.6. The van der Waals surface area contributed by atoms with Crippen LogP contribution in [0.25, 0.3) is 0 Å². The van der Waals surface area contributed by atoms with E-state index < -0.39 is 23.7 Å². The second-order valence-electron chi connectivity index (χ2n) is 12.8. The van der Waals surface area contributed by atoms with Crippen LogP contribution in [0.4, 0.5) is 0 Å². The largest absolute Gasteiger partial charge is 0.465 e. The van der Waals surface area contributed by atoms with Crippen LogP contribution >= 0.6 is 0 Å². The number of rotatable bonds is 18. The van der Waals surface area contributed by atoms with Gasteiger partial charge < -0.3 is 37.9 Å². The second kappa shape index (κ2) is 14.2. The maximum atomic E-state index is 12.8. The Morgan fingerprint density at radius 3 is 1.09 bits per heavy atom. The van der Waals surface area contributed by atoms with Crippen molar-refractivity contribution in [3.05, 3.63) is 0 Å². The van der Waals surface area contributed by atoms with Crippen molar-refractivity contribution in [2.75, 3.05) is 39.6 Å². The number of epoxide rings is 4. The molecule has 2 aliphatic carbocycles. The van der Waals surface area contributed by atoms with Crippen molar-refractivity contribution in [2.45, 2.75) is 107 Å². The highest BCUT2D eigenvalue weighted by Gasteiger charge is 2.55. The van der Waals surface area contributed by atoms with Gasteiger partial charge in [0.2, 0.25) is 0 Å². The molecule has 0 aromatic rings. The maximum Gasteiger partial charge on any atom is 0.310 e. The van der Waals surface area contributed by atoms with Crippen LogP contribution in [0.5, 0.6) is 0 Å². The molecule has 0 N–H and O–H groups in total. The Labute approximate surface area is 251 Å². The SMILES string of the molecule is O=C(OCCCCCCCCCOC(=O)C1CC2OC2CC1C(=O)OCC1CO1)C1CC2OC2CC1C(=O)OCC1CO1. The Morgan fingerprint density at radius 2 is 0.767 bits per heavy atom. The van der Waals surface area contributed by atoms with Crippen molar-refractivity contribution < 1.29 is 57.1 Å². The topological polar surface area (TPSA) is 155 Å².